The molecule has 1 saturated heterocycles. The molecule has 6 N–H and O–H groups in total. The zero-order valence-corrected chi connectivity index (χ0v) is 25.5. The molecule has 222 valence electrons. The van der Waals surface area contributed by atoms with Crippen molar-refractivity contribution in [2.75, 3.05) is 34.2 Å². The van der Waals surface area contributed by atoms with E-state index >= 15 is 0 Å². The molecule has 3 aliphatic rings. The molecular formula is C26H31Cl2N3O8Pt. The first-order chi connectivity index (χ1) is 19.3. The molecule has 0 spiro atoms. The normalized spacial score (nSPS) is 22.8. The van der Waals surface area contributed by atoms with E-state index in [1.807, 2.05) is 12.1 Å². The molecule has 0 aromatic heterocycles. The Morgan fingerprint density at radius 1 is 1.12 bits per heavy atom. The number of hydrogen-bond donors (Lipinski definition) is 4. The number of halogens is 2. The van der Waals surface area contributed by atoms with E-state index in [-0.39, 0.29) is 67.5 Å². The van der Waals surface area contributed by atoms with Crippen LogP contribution in [0, 0.1) is 11.8 Å². The fraction of sp³-hybridized carbons (Fsp3) is 0.462. The van der Waals surface area contributed by atoms with Crippen LogP contribution in [0.15, 0.2) is 24.3 Å². The van der Waals surface area contributed by atoms with E-state index in [1.54, 1.807) is 12.1 Å². The van der Waals surface area contributed by atoms with Crippen LogP contribution in [-0.2, 0) is 30.8 Å². The molecule has 2 aliphatic heterocycles. The molecule has 14 heteroatoms. The number of rotatable bonds is 8. The summed E-state index contributed by atoms with van der Waals surface area (Å²) in [4.78, 5) is 26.1. The van der Waals surface area contributed by atoms with Crippen LogP contribution in [0.25, 0.3) is 0 Å². The Morgan fingerprint density at radius 2 is 1.73 bits per heavy atom. The summed E-state index contributed by atoms with van der Waals surface area (Å²) in [5.74, 6) is -0.592. The van der Waals surface area contributed by atoms with Gasteiger partial charge in [-0.25, -0.2) is 0 Å². The first-order valence-corrected chi connectivity index (χ1v) is 18.0. The molecule has 40 heavy (non-hydrogen) atoms. The molecule has 0 radical (unpaired) electrons. The topological polar surface area (TPSA) is 165 Å². The van der Waals surface area contributed by atoms with Crippen molar-refractivity contribution in [1.82, 2.24) is 5.32 Å². The van der Waals surface area contributed by atoms with Crippen molar-refractivity contribution in [2.24, 2.45) is 23.3 Å². The summed E-state index contributed by atoms with van der Waals surface area (Å²) in [5.41, 5.74) is 13.8. The summed E-state index contributed by atoms with van der Waals surface area (Å²) >= 11 is -0.472. The number of methoxy groups -OCH3 is 2. The fourth-order valence-electron chi connectivity index (χ4n) is 5.52. The van der Waals surface area contributed by atoms with Crippen LogP contribution in [0.3, 0.4) is 0 Å². The number of carbonyl (C=O) groups excluding carboxylic acids is 2. The number of phenols is 1. The maximum absolute atomic E-state index is 13.2. The zero-order valence-electron chi connectivity index (χ0n) is 21.8. The van der Waals surface area contributed by atoms with Gasteiger partial charge in [0.25, 0.3) is 0 Å². The third-order valence-corrected chi connectivity index (χ3v) is 7.41. The van der Waals surface area contributed by atoms with Crippen LogP contribution < -0.4 is 35.7 Å². The van der Waals surface area contributed by atoms with E-state index in [1.165, 1.54) is 14.2 Å². The molecule has 5 rings (SSSR count). The first-order valence-electron chi connectivity index (χ1n) is 12.4. The van der Waals surface area contributed by atoms with Gasteiger partial charge in [-0.1, -0.05) is 0 Å². The Morgan fingerprint density at radius 3 is 2.30 bits per heavy atom. The number of esters is 1. The van der Waals surface area contributed by atoms with Crippen molar-refractivity contribution in [1.29, 1.82) is 0 Å². The molecule has 5 atom stereocenters. The summed E-state index contributed by atoms with van der Waals surface area (Å²) in [6.07, 6.45) is 0.652. The van der Waals surface area contributed by atoms with Gasteiger partial charge in [0.05, 0.1) is 32.8 Å². The predicted octanol–water partition coefficient (Wildman–Crippen LogP) is 2.67. The van der Waals surface area contributed by atoms with Crippen LogP contribution in [0.4, 0.5) is 0 Å². The number of benzene rings is 2. The van der Waals surface area contributed by atoms with E-state index < -0.39 is 34.4 Å². The number of nitrogens with one attached hydrogen (secondary N) is 1. The number of aromatic hydroxyl groups is 1. The van der Waals surface area contributed by atoms with Gasteiger partial charge in [0.2, 0.25) is 18.4 Å². The molecule has 2 heterocycles. The summed E-state index contributed by atoms with van der Waals surface area (Å²) in [6, 6.07) is 6.30. The molecule has 0 bridgehead atoms. The molecule has 2 aromatic carbocycles. The minimum atomic E-state index is -0.608. The molecular weight excluding hydrogens is 748 g/mol. The van der Waals surface area contributed by atoms with Crippen LogP contribution in [0.2, 0.25) is 0 Å². The van der Waals surface area contributed by atoms with Crippen LogP contribution >= 0.6 is 18.8 Å². The number of ether oxygens (including phenoxy) is 5. The molecule has 1 amide bonds. The number of carbonyl (C=O) groups is 2. The average Bonchev–Trinajstić information content (AvgIpc) is 3.57. The third-order valence-electron chi connectivity index (χ3n) is 7.41. The Hall–Kier alpha value is -2.43. The van der Waals surface area contributed by atoms with Gasteiger partial charge >= 0.3 is 41.3 Å². The summed E-state index contributed by atoms with van der Waals surface area (Å²) < 4.78 is 27.6. The predicted molar refractivity (Wildman–Crippen MR) is 142 cm³/mol. The van der Waals surface area contributed by atoms with Crippen molar-refractivity contribution in [3.63, 3.8) is 0 Å². The van der Waals surface area contributed by atoms with Crippen molar-refractivity contribution in [2.45, 2.75) is 30.8 Å². The van der Waals surface area contributed by atoms with Crippen LogP contribution in [-0.4, -0.2) is 57.2 Å². The second kappa shape index (κ2) is 13.5. The standard InChI is InChI=1S/C26H31N3O8.2ClH.Pt/c1-33-19-5-12(6-20(34-2)25(19)31)22-14-7-17-18(37-11-36-17)8-15(14)24(16-10-35-26(32)23(16)22)29-21(30)4-3-13(28)9-27;;;/h5-8,13,16,22-24,31H,3-4,9-11,27-28H2,1-2H3,(H,29,30);2*1H;/q;;;+2/p-2/t13-,16-,22+,23-,24-;;;/m0.../s1. The number of hydrogen-bond acceptors (Lipinski definition) is 10. The molecule has 0 saturated carbocycles. The van der Waals surface area contributed by atoms with Crippen LogP contribution in [0.5, 0.6) is 28.7 Å². The van der Waals surface area contributed by atoms with E-state index in [4.69, 9.17) is 54.0 Å². The molecule has 11 nitrogen and oxygen atoms in total. The van der Waals surface area contributed by atoms with Crippen molar-refractivity contribution in [3.05, 3.63) is 41.0 Å². The molecule has 1 aliphatic carbocycles. The van der Waals surface area contributed by atoms with Gasteiger partial charge in [0.15, 0.2) is 23.0 Å². The van der Waals surface area contributed by atoms with Crippen molar-refractivity contribution < 1.29 is 54.9 Å². The van der Waals surface area contributed by atoms with Gasteiger partial charge in [0, 0.05) is 30.8 Å². The zero-order chi connectivity index (χ0) is 29.0. The molecule has 2 aromatic rings. The van der Waals surface area contributed by atoms with E-state index in [0.717, 1.165) is 11.1 Å². The van der Waals surface area contributed by atoms with Gasteiger partial charge in [-0.05, 0) is 47.4 Å². The van der Waals surface area contributed by atoms with E-state index in [0.29, 0.717) is 23.5 Å². The van der Waals surface area contributed by atoms with Gasteiger partial charge in [-0.2, -0.15) is 0 Å². The fourth-order valence-corrected chi connectivity index (χ4v) is 5.52. The van der Waals surface area contributed by atoms with Gasteiger partial charge in [-0.3, -0.25) is 9.59 Å². The maximum atomic E-state index is 13.2. The van der Waals surface area contributed by atoms with Gasteiger partial charge < -0.3 is 45.6 Å². The number of nitrogens with two attached hydrogens (primary N) is 2. The SMILES string of the molecule is COc1cc([C@@H]2c3cc4c(cc3[C@H](NC(=O)CC[C@H](N)CN)[C@H]3COC(=O)[C@H]23)OCO4)cc(OC)c1O.[Cl][Pt][Cl]. The summed E-state index contributed by atoms with van der Waals surface area (Å²) in [5, 5.41) is 13.6. The Bertz CT molecular complexity index is 1230. The summed E-state index contributed by atoms with van der Waals surface area (Å²) in [7, 11) is 12.6. The third kappa shape index (κ3) is 6.09. The number of phenolic OH excluding ortho intramolecular Hbond substituents is 1. The Balaban J connectivity index is 0.00000118. The van der Waals surface area contributed by atoms with Crippen LogP contribution in [0.1, 0.15) is 41.5 Å². The Kier molecular flexibility index (Phi) is 10.3. The quantitative estimate of drug-likeness (QED) is 0.293. The number of fused-ring (bicyclic) bond motifs is 3. The van der Waals surface area contributed by atoms with Gasteiger partial charge in [-0.15, -0.1) is 0 Å². The number of amides is 1. The average molecular weight is 780 g/mol. The van der Waals surface area contributed by atoms with E-state index in [2.05, 4.69) is 5.32 Å². The second-order valence-corrected chi connectivity index (χ2v) is 12.8. The summed E-state index contributed by atoms with van der Waals surface area (Å²) in [6.45, 7) is 0.511. The monoisotopic (exact) mass is 778 g/mol. The van der Waals surface area contributed by atoms with Crippen molar-refractivity contribution >= 4 is 30.7 Å². The van der Waals surface area contributed by atoms with Crippen molar-refractivity contribution in [3.8, 4) is 28.7 Å². The molecule has 0 unspecified atom stereocenters. The minimum absolute atomic E-state index is 0.0760. The first kappa shape index (κ1) is 30.5. The second-order valence-electron chi connectivity index (χ2n) is 9.53. The van der Waals surface area contributed by atoms with Gasteiger partial charge in [0.1, 0.15) is 0 Å². The molecule has 1 fully saturated rings. The Labute approximate surface area is 248 Å². The number of cyclic esters (lactones) is 1. The van der Waals surface area contributed by atoms with E-state index in [9.17, 15) is 14.7 Å².